The Morgan fingerprint density at radius 2 is 1.90 bits per heavy atom. The van der Waals surface area contributed by atoms with E-state index < -0.39 is 0 Å². The number of amides is 1. The van der Waals surface area contributed by atoms with Crippen LogP contribution < -0.4 is 5.43 Å². The summed E-state index contributed by atoms with van der Waals surface area (Å²) >= 11 is 0. The maximum Gasteiger partial charge on any atom is 0.221 e. The van der Waals surface area contributed by atoms with Gasteiger partial charge in [-0.05, 0) is 13.8 Å². The topological polar surface area (TPSA) is 32.3 Å². The van der Waals surface area contributed by atoms with E-state index >= 15 is 0 Å². The highest BCUT2D eigenvalue weighted by molar-refractivity contribution is 5.45. The van der Waals surface area contributed by atoms with Crippen molar-refractivity contribution in [1.29, 1.82) is 0 Å². The van der Waals surface area contributed by atoms with Gasteiger partial charge in [0.25, 0.3) is 0 Å². The van der Waals surface area contributed by atoms with Crippen molar-refractivity contribution in [3.05, 3.63) is 12.2 Å². The molecule has 0 aromatic carbocycles. The minimum Gasteiger partial charge on any atom is -0.290 e. The standard InChI is InChI=1S/C7H12N2O/c1-6-3-4-7(2)9(6)8-5-10/h3-7H,1-2H3,(H,8,10). The summed E-state index contributed by atoms with van der Waals surface area (Å²) in [5.41, 5.74) is 2.63. The molecule has 2 unspecified atom stereocenters. The van der Waals surface area contributed by atoms with Crippen LogP contribution in [0.25, 0.3) is 0 Å². The highest BCUT2D eigenvalue weighted by Crippen LogP contribution is 2.11. The second-order valence-electron chi connectivity index (χ2n) is 2.52. The number of carbonyl (C=O) groups excluding carboxylic acids is 1. The molecule has 0 saturated heterocycles. The van der Waals surface area contributed by atoms with Gasteiger partial charge in [0.15, 0.2) is 0 Å². The zero-order valence-corrected chi connectivity index (χ0v) is 6.24. The van der Waals surface area contributed by atoms with Gasteiger partial charge in [-0.15, -0.1) is 0 Å². The van der Waals surface area contributed by atoms with E-state index in [2.05, 4.69) is 17.6 Å². The Labute approximate surface area is 60.7 Å². The van der Waals surface area contributed by atoms with E-state index in [1.54, 1.807) is 0 Å². The summed E-state index contributed by atoms with van der Waals surface area (Å²) < 4.78 is 0. The molecule has 2 atom stereocenters. The summed E-state index contributed by atoms with van der Waals surface area (Å²) in [6, 6.07) is 0.639. The van der Waals surface area contributed by atoms with Crippen LogP contribution in [-0.2, 0) is 4.79 Å². The lowest BCUT2D eigenvalue weighted by Gasteiger charge is -2.23. The Bertz CT molecular complexity index is 144. The molecule has 1 aliphatic rings. The Morgan fingerprint density at radius 1 is 1.40 bits per heavy atom. The molecule has 3 nitrogen and oxygen atoms in total. The van der Waals surface area contributed by atoms with Gasteiger partial charge >= 0.3 is 0 Å². The minimum atomic E-state index is 0.320. The molecule has 1 aliphatic heterocycles. The molecular weight excluding hydrogens is 128 g/mol. The SMILES string of the molecule is CC1C=CC(C)N1NC=O. The highest BCUT2D eigenvalue weighted by atomic mass is 16.1. The van der Waals surface area contributed by atoms with Crippen molar-refractivity contribution in [2.75, 3.05) is 0 Å². The third-order valence-corrected chi connectivity index (χ3v) is 1.75. The third kappa shape index (κ3) is 1.19. The number of hydrazine groups is 1. The molecule has 0 aliphatic carbocycles. The lowest BCUT2D eigenvalue weighted by molar-refractivity contribution is -0.114. The predicted octanol–water partition coefficient (Wildman–Crippen LogP) is 0.296. The molecule has 1 rings (SSSR count). The van der Waals surface area contributed by atoms with Gasteiger partial charge in [-0.1, -0.05) is 12.2 Å². The fourth-order valence-corrected chi connectivity index (χ4v) is 1.17. The normalized spacial score (nSPS) is 32.6. The van der Waals surface area contributed by atoms with E-state index in [-0.39, 0.29) is 0 Å². The van der Waals surface area contributed by atoms with Crippen molar-refractivity contribution in [3.63, 3.8) is 0 Å². The monoisotopic (exact) mass is 140 g/mol. The predicted molar refractivity (Wildman–Crippen MR) is 39.1 cm³/mol. The van der Waals surface area contributed by atoms with Crippen LogP contribution in [0.5, 0.6) is 0 Å². The van der Waals surface area contributed by atoms with Crippen molar-refractivity contribution in [2.45, 2.75) is 25.9 Å². The Morgan fingerprint density at radius 3 is 2.30 bits per heavy atom. The number of nitrogens with one attached hydrogen (secondary N) is 1. The van der Waals surface area contributed by atoms with Crippen LogP contribution in [0.4, 0.5) is 0 Å². The number of hydrogen-bond donors (Lipinski definition) is 1. The lowest BCUT2D eigenvalue weighted by atomic mass is 10.4. The molecule has 56 valence electrons. The average molecular weight is 140 g/mol. The van der Waals surface area contributed by atoms with Gasteiger partial charge in [0.2, 0.25) is 6.41 Å². The molecule has 0 bridgehead atoms. The second kappa shape index (κ2) is 2.84. The fraction of sp³-hybridized carbons (Fsp3) is 0.571. The number of rotatable bonds is 2. The zero-order valence-electron chi connectivity index (χ0n) is 6.24. The van der Waals surface area contributed by atoms with Crippen LogP contribution in [0.2, 0.25) is 0 Å². The van der Waals surface area contributed by atoms with E-state index in [1.165, 1.54) is 0 Å². The van der Waals surface area contributed by atoms with Crippen LogP contribution in [-0.4, -0.2) is 23.5 Å². The molecule has 1 heterocycles. The summed E-state index contributed by atoms with van der Waals surface area (Å²) in [5, 5.41) is 1.90. The van der Waals surface area contributed by atoms with E-state index in [9.17, 15) is 4.79 Å². The minimum absolute atomic E-state index is 0.320. The largest absolute Gasteiger partial charge is 0.290 e. The molecular formula is C7H12N2O. The Balaban J connectivity index is 2.51. The van der Waals surface area contributed by atoms with E-state index in [0.29, 0.717) is 18.5 Å². The number of nitrogens with zero attached hydrogens (tertiary/aromatic N) is 1. The maximum absolute atomic E-state index is 10.1. The summed E-state index contributed by atoms with van der Waals surface area (Å²) in [6.07, 6.45) is 4.85. The van der Waals surface area contributed by atoms with Crippen LogP contribution in [0, 0.1) is 0 Å². The van der Waals surface area contributed by atoms with Gasteiger partial charge in [-0.25, -0.2) is 5.01 Å². The molecule has 1 N–H and O–H groups in total. The molecule has 0 fully saturated rings. The summed E-state index contributed by atoms with van der Waals surface area (Å²) in [7, 11) is 0. The van der Waals surface area contributed by atoms with Gasteiger partial charge in [-0.2, -0.15) is 0 Å². The summed E-state index contributed by atoms with van der Waals surface area (Å²) in [6.45, 7) is 4.08. The number of carbonyl (C=O) groups is 1. The van der Waals surface area contributed by atoms with Crippen molar-refractivity contribution in [1.82, 2.24) is 10.4 Å². The molecule has 0 saturated carbocycles. The van der Waals surface area contributed by atoms with Crippen molar-refractivity contribution >= 4 is 6.41 Å². The lowest BCUT2D eigenvalue weighted by Crippen LogP contribution is -2.44. The van der Waals surface area contributed by atoms with Crippen molar-refractivity contribution < 1.29 is 4.79 Å². The first-order valence-electron chi connectivity index (χ1n) is 3.42. The zero-order chi connectivity index (χ0) is 7.56. The van der Waals surface area contributed by atoms with Gasteiger partial charge in [0, 0.05) is 12.1 Å². The van der Waals surface area contributed by atoms with Crippen molar-refractivity contribution in [3.8, 4) is 0 Å². The second-order valence-corrected chi connectivity index (χ2v) is 2.52. The Kier molecular flexibility index (Phi) is 2.06. The maximum atomic E-state index is 10.1. The van der Waals surface area contributed by atoms with E-state index in [4.69, 9.17) is 0 Å². The molecule has 10 heavy (non-hydrogen) atoms. The average Bonchev–Trinajstić information content (AvgIpc) is 2.20. The molecule has 3 heteroatoms. The van der Waals surface area contributed by atoms with Crippen LogP contribution in [0.15, 0.2) is 12.2 Å². The molecule has 1 amide bonds. The van der Waals surface area contributed by atoms with E-state index in [0.717, 1.165) is 0 Å². The van der Waals surface area contributed by atoms with Gasteiger partial charge in [-0.3, -0.25) is 10.2 Å². The molecule has 0 radical (unpaired) electrons. The summed E-state index contributed by atoms with van der Waals surface area (Å²) in [5.74, 6) is 0. The molecule has 0 spiro atoms. The van der Waals surface area contributed by atoms with Gasteiger partial charge in [0.05, 0.1) is 0 Å². The van der Waals surface area contributed by atoms with Gasteiger partial charge < -0.3 is 0 Å². The first kappa shape index (κ1) is 7.28. The fourth-order valence-electron chi connectivity index (χ4n) is 1.17. The van der Waals surface area contributed by atoms with E-state index in [1.807, 2.05) is 18.9 Å². The summed E-state index contributed by atoms with van der Waals surface area (Å²) in [4.78, 5) is 10.1. The molecule has 0 aromatic rings. The van der Waals surface area contributed by atoms with Crippen LogP contribution >= 0.6 is 0 Å². The number of hydrogen-bond acceptors (Lipinski definition) is 2. The quantitative estimate of drug-likeness (QED) is 0.442. The van der Waals surface area contributed by atoms with Gasteiger partial charge in [0.1, 0.15) is 0 Å². The Hall–Kier alpha value is -0.830. The highest BCUT2D eigenvalue weighted by Gasteiger charge is 2.20. The first-order chi connectivity index (χ1) is 4.75. The molecule has 0 aromatic heterocycles. The smallest absolute Gasteiger partial charge is 0.221 e. The van der Waals surface area contributed by atoms with Crippen molar-refractivity contribution in [2.24, 2.45) is 0 Å². The van der Waals surface area contributed by atoms with Crippen LogP contribution in [0.1, 0.15) is 13.8 Å². The first-order valence-corrected chi connectivity index (χ1v) is 3.42. The van der Waals surface area contributed by atoms with Crippen LogP contribution in [0.3, 0.4) is 0 Å². The third-order valence-electron chi connectivity index (χ3n) is 1.75.